The molecular weight excluding hydrogens is 296 g/mol. The van der Waals surface area contributed by atoms with Gasteiger partial charge in [0.15, 0.2) is 0 Å². The summed E-state index contributed by atoms with van der Waals surface area (Å²) in [5, 5.41) is 0. The van der Waals surface area contributed by atoms with Crippen LogP contribution in [0.3, 0.4) is 0 Å². The third kappa shape index (κ3) is 3.35. The highest BCUT2D eigenvalue weighted by molar-refractivity contribution is 7.88. The fraction of sp³-hybridized carbons (Fsp3) is 0.667. The second kappa shape index (κ2) is 5.64. The van der Waals surface area contributed by atoms with E-state index in [-0.39, 0.29) is 18.2 Å². The summed E-state index contributed by atoms with van der Waals surface area (Å²) in [5.74, 6) is -0.0688. The monoisotopic (exact) mass is 316 g/mol. The van der Waals surface area contributed by atoms with Gasteiger partial charge in [-0.25, -0.2) is 17.5 Å². The molecule has 21 heavy (non-hydrogen) atoms. The lowest BCUT2D eigenvalue weighted by molar-refractivity contribution is 0.242. The third-order valence-electron chi connectivity index (χ3n) is 3.75. The van der Waals surface area contributed by atoms with Crippen LogP contribution < -0.4 is 17.0 Å². The summed E-state index contributed by atoms with van der Waals surface area (Å²) in [6.07, 6.45) is 3.96. The molecule has 0 saturated carbocycles. The number of anilines is 1. The average molecular weight is 316 g/mol. The van der Waals surface area contributed by atoms with Crippen LogP contribution in [-0.4, -0.2) is 41.2 Å². The minimum Gasteiger partial charge on any atom is -0.393 e. The number of aryl methyl sites for hydroxylation is 1. The van der Waals surface area contributed by atoms with Crippen LogP contribution in [0.15, 0.2) is 15.8 Å². The van der Waals surface area contributed by atoms with Crippen molar-refractivity contribution in [3.63, 3.8) is 0 Å². The summed E-state index contributed by atoms with van der Waals surface area (Å²) in [6.45, 7) is 0.991. The molecule has 2 rings (SSSR count). The molecule has 0 radical (unpaired) electrons. The van der Waals surface area contributed by atoms with E-state index in [2.05, 4.69) is 0 Å². The topological polar surface area (TPSA) is 107 Å². The normalized spacial score (nSPS) is 20.6. The van der Waals surface area contributed by atoms with Crippen molar-refractivity contribution in [2.75, 3.05) is 25.1 Å². The summed E-state index contributed by atoms with van der Waals surface area (Å²) in [4.78, 5) is 24.0. The Morgan fingerprint density at radius 2 is 2.05 bits per heavy atom. The van der Waals surface area contributed by atoms with E-state index in [0.717, 1.165) is 17.4 Å². The van der Waals surface area contributed by atoms with Crippen LogP contribution in [0.25, 0.3) is 0 Å². The molecule has 1 unspecified atom stereocenters. The predicted octanol–water partition coefficient (Wildman–Crippen LogP) is -1.20. The highest BCUT2D eigenvalue weighted by Gasteiger charge is 2.26. The van der Waals surface area contributed by atoms with E-state index in [1.165, 1.54) is 28.4 Å². The molecular formula is C12H20N4O4S. The van der Waals surface area contributed by atoms with E-state index in [9.17, 15) is 18.0 Å². The molecule has 1 atom stereocenters. The second-order valence-corrected chi connectivity index (χ2v) is 7.51. The first kappa shape index (κ1) is 15.8. The summed E-state index contributed by atoms with van der Waals surface area (Å²) >= 11 is 0. The molecule has 1 saturated heterocycles. The van der Waals surface area contributed by atoms with Crippen LogP contribution in [0.5, 0.6) is 0 Å². The maximum absolute atomic E-state index is 12.0. The Hall–Kier alpha value is -1.61. The fourth-order valence-electron chi connectivity index (χ4n) is 2.65. The quantitative estimate of drug-likeness (QED) is 0.754. The van der Waals surface area contributed by atoms with Gasteiger partial charge in [0.25, 0.3) is 5.56 Å². The lowest BCUT2D eigenvalue weighted by atomic mass is 9.99. The van der Waals surface area contributed by atoms with Gasteiger partial charge in [-0.1, -0.05) is 0 Å². The van der Waals surface area contributed by atoms with Crippen LogP contribution in [0.4, 0.5) is 5.69 Å². The van der Waals surface area contributed by atoms with Gasteiger partial charge in [0.05, 0.1) is 6.26 Å². The van der Waals surface area contributed by atoms with Crippen molar-refractivity contribution >= 4 is 15.7 Å². The van der Waals surface area contributed by atoms with Crippen LogP contribution >= 0.6 is 0 Å². The molecule has 8 nitrogen and oxygen atoms in total. The lowest BCUT2D eigenvalue weighted by Crippen LogP contribution is -2.45. The Bertz CT molecular complexity index is 715. The smallest absolute Gasteiger partial charge is 0.330 e. The van der Waals surface area contributed by atoms with Gasteiger partial charge in [-0.3, -0.25) is 9.36 Å². The zero-order valence-corrected chi connectivity index (χ0v) is 13.0. The van der Waals surface area contributed by atoms with E-state index in [1.807, 2.05) is 0 Å². The molecule has 1 fully saturated rings. The molecule has 2 heterocycles. The molecule has 0 spiro atoms. The summed E-state index contributed by atoms with van der Waals surface area (Å²) in [6, 6.07) is 0. The predicted molar refractivity (Wildman–Crippen MR) is 79.5 cm³/mol. The van der Waals surface area contributed by atoms with E-state index in [0.29, 0.717) is 13.1 Å². The molecule has 0 aromatic carbocycles. The molecule has 1 aliphatic rings. The third-order valence-corrected chi connectivity index (χ3v) is 5.02. The van der Waals surface area contributed by atoms with E-state index in [4.69, 9.17) is 5.73 Å². The van der Waals surface area contributed by atoms with E-state index < -0.39 is 21.3 Å². The van der Waals surface area contributed by atoms with Gasteiger partial charge in [-0.15, -0.1) is 0 Å². The molecule has 118 valence electrons. The van der Waals surface area contributed by atoms with E-state index >= 15 is 0 Å². The standard InChI is InChI=1S/C12H20N4O4S/c1-14-8-10(13)11(17)16(12(14)18)7-9-4-3-5-15(6-9)21(2,19)20/h8-9H,3-7,13H2,1-2H3. The minimum atomic E-state index is -3.25. The maximum atomic E-state index is 12.0. The van der Waals surface area contributed by atoms with Crippen molar-refractivity contribution in [1.29, 1.82) is 0 Å². The largest absolute Gasteiger partial charge is 0.393 e. The lowest BCUT2D eigenvalue weighted by Gasteiger charge is -2.31. The average Bonchev–Trinajstić information content (AvgIpc) is 2.41. The van der Waals surface area contributed by atoms with Gasteiger partial charge in [0.1, 0.15) is 5.69 Å². The van der Waals surface area contributed by atoms with Crippen molar-refractivity contribution in [2.45, 2.75) is 19.4 Å². The highest BCUT2D eigenvalue weighted by Crippen LogP contribution is 2.19. The first-order chi connectivity index (χ1) is 9.70. The molecule has 0 aliphatic carbocycles. The van der Waals surface area contributed by atoms with Crippen molar-refractivity contribution in [3.05, 3.63) is 27.0 Å². The Kier molecular flexibility index (Phi) is 4.24. The van der Waals surface area contributed by atoms with Crippen LogP contribution in [0, 0.1) is 5.92 Å². The van der Waals surface area contributed by atoms with E-state index in [1.54, 1.807) is 0 Å². The van der Waals surface area contributed by atoms with Crippen LogP contribution in [0.2, 0.25) is 0 Å². The number of hydrogen-bond donors (Lipinski definition) is 1. The van der Waals surface area contributed by atoms with Crippen molar-refractivity contribution in [2.24, 2.45) is 13.0 Å². The molecule has 1 aromatic heterocycles. The number of aromatic nitrogens is 2. The second-order valence-electron chi connectivity index (χ2n) is 5.52. The summed E-state index contributed by atoms with van der Waals surface area (Å²) < 4.78 is 26.9. The SMILES string of the molecule is Cn1cc(N)c(=O)n(CC2CCCN(S(C)(=O)=O)C2)c1=O. The van der Waals surface area contributed by atoms with Gasteiger partial charge >= 0.3 is 5.69 Å². The number of piperidine rings is 1. The number of rotatable bonds is 3. The van der Waals surface area contributed by atoms with Crippen LogP contribution in [0.1, 0.15) is 12.8 Å². The molecule has 0 bridgehead atoms. The minimum absolute atomic E-state index is 0.00730. The molecule has 1 aromatic rings. The number of nitrogen functional groups attached to an aromatic ring is 1. The van der Waals surface area contributed by atoms with Crippen LogP contribution in [-0.2, 0) is 23.6 Å². The van der Waals surface area contributed by atoms with Gasteiger partial charge in [0, 0.05) is 32.9 Å². The summed E-state index contributed by atoms with van der Waals surface area (Å²) in [7, 11) is -1.72. The van der Waals surface area contributed by atoms with Gasteiger partial charge in [0.2, 0.25) is 10.0 Å². The zero-order valence-electron chi connectivity index (χ0n) is 12.2. The van der Waals surface area contributed by atoms with Gasteiger partial charge < -0.3 is 10.3 Å². The van der Waals surface area contributed by atoms with Gasteiger partial charge in [-0.05, 0) is 18.8 Å². The van der Waals surface area contributed by atoms with Crippen molar-refractivity contribution in [3.8, 4) is 0 Å². The first-order valence-corrected chi connectivity index (χ1v) is 8.56. The molecule has 2 N–H and O–H groups in total. The summed E-state index contributed by atoms with van der Waals surface area (Å²) in [5.41, 5.74) is 4.64. The molecule has 0 amide bonds. The van der Waals surface area contributed by atoms with Crippen molar-refractivity contribution < 1.29 is 8.42 Å². The Balaban J connectivity index is 2.27. The Labute approximate surface area is 122 Å². The number of sulfonamides is 1. The molecule has 9 heteroatoms. The van der Waals surface area contributed by atoms with Gasteiger partial charge in [-0.2, -0.15) is 0 Å². The number of nitrogens with zero attached hydrogens (tertiary/aromatic N) is 3. The maximum Gasteiger partial charge on any atom is 0.330 e. The zero-order chi connectivity index (χ0) is 15.8. The number of nitrogens with two attached hydrogens (primary N) is 1. The highest BCUT2D eigenvalue weighted by atomic mass is 32.2. The van der Waals surface area contributed by atoms with Crippen molar-refractivity contribution in [1.82, 2.24) is 13.4 Å². The first-order valence-electron chi connectivity index (χ1n) is 6.71. The molecule has 1 aliphatic heterocycles. The fourth-order valence-corrected chi connectivity index (χ4v) is 3.59. The Morgan fingerprint density at radius 1 is 1.38 bits per heavy atom. The Morgan fingerprint density at radius 3 is 2.67 bits per heavy atom. The number of hydrogen-bond acceptors (Lipinski definition) is 5.